The van der Waals surface area contributed by atoms with E-state index < -0.39 is 6.04 Å². The summed E-state index contributed by atoms with van der Waals surface area (Å²) in [5.41, 5.74) is 9.71. The molecular formula is C27H36N4O4. The molecule has 0 bridgehead atoms. The predicted molar refractivity (Wildman–Crippen MR) is 137 cm³/mol. The lowest BCUT2D eigenvalue weighted by Gasteiger charge is -2.41. The number of nitrogens with one attached hydrogen (secondary N) is 1. The first-order valence-electron chi connectivity index (χ1n) is 11.8. The van der Waals surface area contributed by atoms with Gasteiger partial charge in [0, 0.05) is 30.0 Å². The second-order valence-electron chi connectivity index (χ2n) is 8.97. The SMILES string of the molecule is CC1Cc2cc(C(=O)NC(CO)CO)ccc2N(C)[C@H]1C1CC1.CC=O.N#Cc1ccc(N)cc1. The van der Waals surface area contributed by atoms with Gasteiger partial charge >= 0.3 is 0 Å². The Hall–Kier alpha value is -3.41. The molecule has 8 heteroatoms. The molecule has 2 aliphatic rings. The van der Waals surface area contributed by atoms with E-state index in [1.807, 2.05) is 24.3 Å². The number of amides is 1. The van der Waals surface area contributed by atoms with Crippen molar-refractivity contribution < 1.29 is 19.8 Å². The predicted octanol–water partition coefficient (Wildman–Crippen LogP) is 2.52. The minimum absolute atomic E-state index is 0.250. The Bertz CT molecular complexity index is 1010. The quantitative estimate of drug-likeness (QED) is 0.381. The van der Waals surface area contributed by atoms with Crippen LogP contribution >= 0.6 is 0 Å². The average Bonchev–Trinajstić information content (AvgIpc) is 3.68. The van der Waals surface area contributed by atoms with Crippen molar-refractivity contribution in [3.05, 3.63) is 59.2 Å². The van der Waals surface area contributed by atoms with Gasteiger partial charge in [-0.05, 0) is 86.1 Å². The number of hydrogen-bond acceptors (Lipinski definition) is 7. The lowest BCUT2D eigenvalue weighted by molar-refractivity contribution is -0.106. The number of rotatable bonds is 5. The first kappa shape index (κ1) is 27.8. The number of aliphatic hydroxyl groups excluding tert-OH is 2. The maximum Gasteiger partial charge on any atom is 0.251 e. The van der Waals surface area contributed by atoms with E-state index >= 15 is 0 Å². The molecule has 2 aromatic rings. The number of hydrogen-bond donors (Lipinski definition) is 4. The van der Waals surface area contributed by atoms with Crippen LogP contribution in [0.2, 0.25) is 0 Å². The fourth-order valence-electron chi connectivity index (χ4n) is 4.44. The summed E-state index contributed by atoms with van der Waals surface area (Å²) < 4.78 is 0. The number of carbonyl (C=O) groups excluding carboxylic acids is 2. The summed E-state index contributed by atoms with van der Waals surface area (Å²) in [5, 5.41) is 29.2. The highest BCUT2D eigenvalue weighted by Gasteiger charge is 2.40. The number of aliphatic hydroxyl groups is 2. The molecule has 4 rings (SSSR count). The van der Waals surface area contributed by atoms with Crippen molar-refractivity contribution in [2.24, 2.45) is 11.8 Å². The number of carbonyl (C=O) groups is 2. The highest BCUT2D eigenvalue weighted by molar-refractivity contribution is 5.95. The highest BCUT2D eigenvalue weighted by Crippen LogP contribution is 2.44. The van der Waals surface area contributed by atoms with Gasteiger partial charge in [-0.2, -0.15) is 5.26 Å². The second kappa shape index (κ2) is 13.5. The van der Waals surface area contributed by atoms with Gasteiger partial charge in [0.1, 0.15) is 6.29 Å². The van der Waals surface area contributed by atoms with E-state index in [1.54, 1.807) is 24.3 Å². The van der Waals surface area contributed by atoms with Gasteiger partial charge in [-0.15, -0.1) is 0 Å². The fraction of sp³-hybridized carbons (Fsp3) is 0.444. The third-order valence-electron chi connectivity index (χ3n) is 6.21. The third-order valence-corrected chi connectivity index (χ3v) is 6.21. The van der Waals surface area contributed by atoms with Gasteiger partial charge in [-0.25, -0.2) is 0 Å². The number of fused-ring (bicyclic) bond motifs is 1. The molecule has 0 saturated heterocycles. The molecule has 1 aliphatic heterocycles. The number of nitrogens with zero attached hydrogens (tertiary/aromatic N) is 2. The normalized spacial score (nSPS) is 18.1. The molecular weight excluding hydrogens is 444 g/mol. The number of nitriles is 1. The summed E-state index contributed by atoms with van der Waals surface area (Å²) in [6.45, 7) is 3.20. The average molecular weight is 481 g/mol. The molecule has 8 nitrogen and oxygen atoms in total. The maximum atomic E-state index is 12.3. The zero-order valence-corrected chi connectivity index (χ0v) is 20.6. The Kier molecular flexibility index (Phi) is 10.7. The highest BCUT2D eigenvalue weighted by atomic mass is 16.3. The maximum absolute atomic E-state index is 12.3. The molecule has 0 aromatic heterocycles. The monoisotopic (exact) mass is 480 g/mol. The molecule has 1 aliphatic carbocycles. The summed E-state index contributed by atoms with van der Waals surface area (Å²) in [7, 11) is 2.16. The van der Waals surface area contributed by atoms with Crippen LogP contribution in [0, 0.1) is 23.2 Å². The summed E-state index contributed by atoms with van der Waals surface area (Å²) in [6, 6.07) is 14.6. The number of nitrogens with two attached hydrogens (primary N) is 1. The van der Waals surface area contributed by atoms with Crippen molar-refractivity contribution in [1.82, 2.24) is 5.32 Å². The first-order chi connectivity index (χ1) is 16.8. The van der Waals surface area contributed by atoms with Gasteiger partial charge in [0.2, 0.25) is 0 Å². The number of benzene rings is 2. The molecule has 5 N–H and O–H groups in total. The molecule has 0 spiro atoms. The summed E-state index contributed by atoms with van der Waals surface area (Å²) in [6.07, 6.45) is 4.41. The van der Waals surface area contributed by atoms with Gasteiger partial charge in [-0.3, -0.25) is 4.79 Å². The molecule has 188 valence electrons. The van der Waals surface area contributed by atoms with Crippen LogP contribution in [-0.4, -0.2) is 54.8 Å². The van der Waals surface area contributed by atoms with Crippen LogP contribution in [-0.2, 0) is 11.2 Å². The number of aldehydes is 1. The van der Waals surface area contributed by atoms with Crippen LogP contribution in [0.25, 0.3) is 0 Å². The minimum atomic E-state index is -0.612. The van der Waals surface area contributed by atoms with Crippen LogP contribution in [0.3, 0.4) is 0 Å². The zero-order chi connectivity index (χ0) is 26.0. The summed E-state index contributed by atoms with van der Waals surface area (Å²) >= 11 is 0. The lowest BCUT2D eigenvalue weighted by Crippen LogP contribution is -2.43. The van der Waals surface area contributed by atoms with Gasteiger partial charge in [0.05, 0.1) is 30.9 Å². The van der Waals surface area contributed by atoms with Crippen LogP contribution in [0.15, 0.2) is 42.5 Å². The number of nitrogen functional groups attached to an aromatic ring is 1. The van der Waals surface area contributed by atoms with Crippen LogP contribution in [0.1, 0.15) is 48.2 Å². The van der Waals surface area contributed by atoms with E-state index in [-0.39, 0.29) is 19.1 Å². The van der Waals surface area contributed by atoms with Crippen molar-refractivity contribution in [2.75, 3.05) is 30.9 Å². The van der Waals surface area contributed by atoms with Crippen molar-refractivity contribution in [3.8, 4) is 6.07 Å². The van der Waals surface area contributed by atoms with Crippen LogP contribution in [0.4, 0.5) is 11.4 Å². The van der Waals surface area contributed by atoms with Gasteiger partial charge in [-0.1, -0.05) is 6.92 Å². The first-order valence-corrected chi connectivity index (χ1v) is 11.8. The van der Waals surface area contributed by atoms with E-state index in [1.165, 1.54) is 31.0 Å². The van der Waals surface area contributed by atoms with E-state index in [4.69, 9.17) is 26.0 Å². The summed E-state index contributed by atoms with van der Waals surface area (Å²) in [4.78, 5) is 23.4. The third kappa shape index (κ3) is 7.81. The van der Waals surface area contributed by atoms with Gasteiger partial charge in [0.15, 0.2) is 0 Å². The van der Waals surface area contributed by atoms with Gasteiger partial charge in [0.25, 0.3) is 5.91 Å². The molecule has 0 radical (unpaired) electrons. The molecule has 2 atom stereocenters. The Morgan fingerprint density at radius 2 is 1.83 bits per heavy atom. The molecule has 2 aromatic carbocycles. The molecule has 1 heterocycles. The van der Waals surface area contributed by atoms with E-state index in [0.29, 0.717) is 28.8 Å². The molecule has 1 saturated carbocycles. The minimum Gasteiger partial charge on any atom is -0.399 e. The van der Waals surface area contributed by atoms with E-state index in [0.717, 1.165) is 18.6 Å². The lowest BCUT2D eigenvalue weighted by atomic mass is 9.84. The van der Waals surface area contributed by atoms with Crippen molar-refractivity contribution in [1.29, 1.82) is 5.26 Å². The molecule has 1 unspecified atom stereocenters. The van der Waals surface area contributed by atoms with Crippen molar-refractivity contribution in [2.45, 2.75) is 45.2 Å². The Labute approximate surface area is 207 Å². The zero-order valence-electron chi connectivity index (χ0n) is 20.6. The van der Waals surface area contributed by atoms with E-state index in [2.05, 4.69) is 24.2 Å². The number of anilines is 2. The standard InChI is InChI=1S/C18H26N2O3.C7H6N2.C2H4O/c1-11-7-14-8-13(18(23)19-15(9-21)10-22)5-6-16(14)20(2)17(11)12-3-4-12;8-5-6-1-3-7(9)4-2-6;1-2-3/h5-6,8,11-12,15,17,21-22H,3-4,7,9-10H2,1-2H3,(H,19,23);1-4H,9H2;2H,1H3/t11?,17-;;/m1../s1. The van der Waals surface area contributed by atoms with Crippen molar-refractivity contribution >= 4 is 23.6 Å². The second-order valence-corrected chi connectivity index (χ2v) is 8.97. The largest absolute Gasteiger partial charge is 0.399 e. The van der Waals surface area contributed by atoms with Crippen LogP contribution in [0.5, 0.6) is 0 Å². The smallest absolute Gasteiger partial charge is 0.251 e. The van der Waals surface area contributed by atoms with E-state index in [9.17, 15) is 4.79 Å². The molecule has 35 heavy (non-hydrogen) atoms. The topological polar surface area (TPSA) is 140 Å². The van der Waals surface area contributed by atoms with Crippen molar-refractivity contribution in [3.63, 3.8) is 0 Å². The Morgan fingerprint density at radius 3 is 2.34 bits per heavy atom. The Morgan fingerprint density at radius 1 is 1.23 bits per heavy atom. The Balaban J connectivity index is 0.000000299. The summed E-state index contributed by atoms with van der Waals surface area (Å²) in [5.74, 6) is 1.16. The molecule has 1 amide bonds. The molecule has 1 fully saturated rings. The van der Waals surface area contributed by atoms with Crippen LogP contribution < -0.4 is 16.0 Å². The fourth-order valence-corrected chi connectivity index (χ4v) is 4.44. The van der Waals surface area contributed by atoms with Gasteiger partial charge < -0.3 is 31.0 Å².